The Morgan fingerprint density at radius 1 is 1.24 bits per heavy atom. The molecular formula is C18H25NO2. The molecule has 2 unspecified atom stereocenters. The molecule has 1 aliphatic carbocycles. The summed E-state index contributed by atoms with van der Waals surface area (Å²) >= 11 is 0. The number of likely N-dealkylation sites (tertiary alicyclic amines) is 1. The number of carboxylic acids is 1. The van der Waals surface area contributed by atoms with E-state index in [0.717, 1.165) is 38.6 Å². The number of aliphatic carboxylic acids is 1. The lowest BCUT2D eigenvalue weighted by Gasteiger charge is -2.45. The summed E-state index contributed by atoms with van der Waals surface area (Å²) in [6, 6.07) is 8.59. The second-order valence-electron chi connectivity index (χ2n) is 7.11. The van der Waals surface area contributed by atoms with Crippen LogP contribution in [-0.4, -0.2) is 28.6 Å². The van der Waals surface area contributed by atoms with Gasteiger partial charge >= 0.3 is 5.97 Å². The number of fused-ring (bicyclic) bond motifs is 1. The number of piperidine rings is 1. The second-order valence-corrected chi connectivity index (χ2v) is 7.11. The lowest BCUT2D eigenvalue weighted by Crippen LogP contribution is -2.48. The summed E-state index contributed by atoms with van der Waals surface area (Å²) in [4.78, 5) is 13.9. The smallest absolute Gasteiger partial charge is 0.320 e. The molecule has 0 spiro atoms. The van der Waals surface area contributed by atoms with Gasteiger partial charge in [0.15, 0.2) is 0 Å². The summed E-state index contributed by atoms with van der Waals surface area (Å²) in [6.45, 7) is 5.51. The molecule has 0 bridgehead atoms. The first-order chi connectivity index (χ1) is 10.0. The molecule has 114 valence electrons. The average Bonchev–Trinajstić information content (AvgIpc) is 2.47. The van der Waals surface area contributed by atoms with Crippen molar-refractivity contribution in [2.45, 2.75) is 63.5 Å². The van der Waals surface area contributed by atoms with Crippen molar-refractivity contribution >= 4 is 5.97 Å². The van der Waals surface area contributed by atoms with Crippen molar-refractivity contribution in [3.05, 3.63) is 35.4 Å². The van der Waals surface area contributed by atoms with E-state index in [9.17, 15) is 9.90 Å². The lowest BCUT2D eigenvalue weighted by molar-refractivity contribution is -0.146. The minimum Gasteiger partial charge on any atom is -0.480 e. The number of nitrogens with zero attached hydrogens (tertiary/aromatic N) is 1. The molecule has 2 atom stereocenters. The highest BCUT2D eigenvalue weighted by Crippen LogP contribution is 2.45. The van der Waals surface area contributed by atoms with Gasteiger partial charge in [-0.1, -0.05) is 44.5 Å². The molecule has 3 heteroatoms. The fourth-order valence-electron chi connectivity index (χ4n) is 4.13. The van der Waals surface area contributed by atoms with Crippen molar-refractivity contribution in [1.82, 2.24) is 4.90 Å². The van der Waals surface area contributed by atoms with E-state index in [1.54, 1.807) is 0 Å². The Balaban J connectivity index is 1.97. The average molecular weight is 287 g/mol. The van der Waals surface area contributed by atoms with Crippen LogP contribution in [0.5, 0.6) is 0 Å². The molecule has 0 amide bonds. The third-order valence-corrected chi connectivity index (χ3v) is 5.32. The standard InChI is InChI=1S/C18H25NO2/c1-18(2)11-10-15(13-7-3-4-8-14(13)18)19-12-6-5-9-16(19)17(20)21/h3-4,7-8,15-16H,5-6,9-12H2,1-2H3,(H,20,21). The maximum atomic E-state index is 11.6. The van der Waals surface area contributed by atoms with Gasteiger partial charge < -0.3 is 5.11 Å². The maximum Gasteiger partial charge on any atom is 0.320 e. The summed E-state index contributed by atoms with van der Waals surface area (Å²) in [5.41, 5.74) is 2.94. The number of benzene rings is 1. The Bertz CT molecular complexity index is 538. The van der Waals surface area contributed by atoms with Crippen LogP contribution < -0.4 is 0 Å². The van der Waals surface area contributed by atoms with Gasteiger partial charge in [0.1, 0.15) is 6.04 Å². The largest absolute Gasteiger partial charge is 0.480 e. The van der Waals surface area contributed by atoms with Crippen LogP contribution in [0.4, 0.5) is 0 Å². The van der Waals surface area contributed by atoms with E-state index in [1.807, 2.05) is 0 Å². The quantitative estimate of drug-likeness (QED) is 0.901. The zero-order chi connectivity index (χ0) is 15.0. The van der Waals surface area contributed by atoms with Crippen molar-refractivity contribution in [2.24, 2.45) is 0 Å². The third kappa shape index (κ3) is 2.59. The van der Waals surface area contributed by atoms with Gasteiger partial charge in [0.25, 0.3) is 0 Å². The van der Waals surface area contributed by atoms with Gasteiger partial charge in [-0.25, -0.2) is 0 Å². The van der Waals surface area contributed by atoms with Crippen LogP contribution in [0.3, 0.4) is 0 Å². The molecule has 3 rings (SSSR count). The molecule has 3 nitrogen and oxygen atoms in total. The molecule has 1 saturated heterocycles. The Labute approximate surface area is 127 Å². The van der Waals surface area contributed by atoms with Gasteiger partial charge in [-0.15, -0.1) is 0 Å². The van der Waals surface area contributed by atoms with E-state index in [1.165, 1.54) is 11.1 Å². The van der Waals surface area contributed by atoms with Crippen LogP contribution in [0.2, 0.25) is 0 Å². The molecule has 2 aliphatic rings. The molecule has 1 aromatic rings. The zero-order valence-corrected chi connectivity index (χ0v) is 13.0. The van der Waals surface area contributed by atoms with Crippen molar-refractivity contribution in [1.29, 1.82) is 0 Å². The predicted molar refractivity (Wildman–Crippen MR) is 83.4 cm³/mol. The highest BCUT2D eigenvalue weighted by Gasteiger charge is 2.39. The van der Waals surface area contributed by atoms with Crippen LogP contribution in [0, 0.1) is 0 Å². The van der Waals surface area contributed by atoms with E-state index in [2.05, 4.69) is 43.0 Å². The van der Waals surface area contributed by atoms with E-state index in [4.69, 9.17) is 0 Å². The first-order valence-corrected chi connectivity index (χ1v) is 8.09. The Kier molecular flexibility index (Phi) is 3.78. The Morgan fingerprint density at radius 3 is 2.76 bits per heavy atom. The maximum absolute atomic E-state index is 11.6. The van der Waals surface area contributed by atoms with Crippen molar-refractivity contribution in [2.75, 3.05) is 6.54 Å². The summed E-state index contributed by atoms with van der Waals surface area (Å²) in [6.07, 6.45) is 5.13. The van der Waals surface area contributed by atoms with E-state index < -0.39 is 5.97 Å². The van der Waals surface area contributed by atoms with Gasteiger partial charge in [-0.3, -0.25) is 9.69 Å². The monoisotopic (exact) mass is 287 g/mol. The highest BCUT2D eigenvalue weighted by atomic mass is 16.4. The highest BCUT2D eigenvalue weighted by molar-refractivity contribution is 5.73. The van der Waals surface area contributed by atoms with Crippen molar-refractivity contribution in [3.8, 4) is 0 Å². The fraction of sp³-hybridized carbons (Fsp3) is 0.611. The van der Waals surface area contributed by atoms with Gasteiger partial charge in [0.2, 0.25) is 0 Å². The van der Waals surface area contributed by atoms with Crippen molar-refractivity contribution in [3.63, 3.8) is 0 Å². The molecule has 1 aliphatic heterocycles. The van der Waals surface area contributed by atoms with E-state index in [-0.39, 0.29) is 17.5 Å². The molecule has 1 fully saturated rings. The summed E-state index contributed by atoms with van der Waals surface area (Å²) < 4.78 is 0. The number of hydrogen-bond acceptors (Lipinski definition) is 2. The molecule has 0 saturated carbocycles. The predicted octanol–water partition coefficient (Wildman–Crippen LogP) is 3.74. The molecule has 0 radical (unpaired) electrons. The number of carboxylic acid groups (broad SMARTS) is 1. The first-order valence-electron chi connectivity index (χ1n) is 8.09. The van der Waals surface area contributed by atoms with Gasteiger partial charge in [0, 0.05) is 6.04 Å². The fourth-order valence-corrected chi connectivity index (χ4v) is 4.13. The van der Waals surface area contributed by atoms with Crippen LogP contribution in [0.25, 0.3) is 0 Å². The Hall–Kier alpha value is -1.35. The normalized spacial score (nSPS) is 28.9. The van der Waals surface area contributed by atoms with Gasteiger partial charge in [-0.2, -0.15) is 0 Å². The zero-order valence-electron chi connectivity index (χ0n) is 13.0. The molecule has 1 heterocycles. The SMILES string of the molecule is CC1(C)CCC(N2CCCCC2C(=O)O)c2ccccc21. The molecule has 21 heavy (non-hydrogen) atoms. The number of hydrogen-bond donors (Lipinski definition) is 1. The lowest BCUT2D eigenvalue weighted by atomic mass is 9.70. The second kappa shape index (κ2) is 5.45. The molecular weight excluding hydrogens is 262 g/mol. The van der Waals surface area contributed by atoms with Gasteiger partial charge in [0.05, 0.1) is 0 Å². The molecule has 1 N–H and O–H groups in total. The first kappa shape index (κ1) is 14.6. The van der Waals surface area contributed by atoms with Crippen LogP contribution in [-0.2, 0) is 10.2 Å². The van der Waals surface area contributed by atoms with Crippen LogP contribution in [0.15, 0.2) is 24.3 Å². The number of rotatable bonds is 2. The van der Waals surface area contributed by atoms with Crippen LogP contribution >= 0.6 is 0 Å². The van der Waals surface area contributed by atoms with Crippen LogP contribution in [0.1, 0.15) is 63.1 Å². The minimum absolute atomic E-state index is 0.196. The van der Waals surface area contributed by atoms with Gasteiger partial charge in [-0.05, 0) is 48.8 Å². The minimum atomic E-state index is -0.656. The summed E-state index contributed by atoms with van der Waals surface area (Å²) in [7, 11) is 0. The topological polar surface area (TPSA) is 40.5 Å². The van der Waals surface area contributed by atoms with E-state index >= 15 is 0 Å². The summed E-state index contributed by atoms with van der Waals surface area (Å²) in [5, 5.41) is 9.55. The molecule has 0 aromatic heterocycles. The molecule has 1 aromatic carbocycles. The Morgan fingerprint density at radius 2 is 2.00 bits per heavy atom. The number of carbonyl (C=O) groups is 1. The third-order valence-electron chi connectivity index (χ3n) is 5.32. The van der Waals surface area contributed by atoms with Crippen molar-refractivity contribution < 1.29 is 9.90 Å². The van der Waals surface area contributed by atoms with E-state index in [0.29, 0.717) is 0 Å². The summed E-state index contributed by atoms with van der Waals surface area (Å²) in [5.74, 6) is -0.656.